The van der Waals surface area contributed by atoms with Gasteiger partial charge < -0.3 is 4.57 Å². The minimum absolute atomic E-state index is 0.214. The molecule has 0 unspecified atom stereocenters. The van der Waals surface area contributed by atoms with E-state index in [1.807, 2.05) is 0 Å². The number of imidazole rings is 1. The Morgan fingerprint density at radius 3 is 2.40 bits per heavy atom. The molecule has 1 aliphatic carbocycles. The molecule has 5 heteroatoms. The van der Waals surface area contributed by atoms with Crippen LogP contribution in [0.5, 0.6) is 0 Å². The molecule has 1 heterocycles. The lowest BCUT2D eigenvalue weighted by Gasteiger charge is -2.07. The van der Waals surface area contributed by atoms with Crippen molar-refractivity contribution >= 4 is 0 Å². The third kappa shape index (κ3) is 2.01. The summed E-state index contributed by atoms with van der Waals surface area (Å²) < 4.78 is 38.7. The van der Waals surface area contributed by atoms with E-state index in [-0.39, 0.29) is 5.92 Å². The molecule has 1 fully saturated rings. The average molecular weight is 218 g/mol. The summed E-state index contributed by atoms with van der Waals surface area (Å²) >= 11 is 0. The Morgan fingerprint density at radius 2 is 1.93 bits per heavy atom. The predicted octanol–water partition coefficient (Wildman–Crippen LogP) is 3.10. The number of hydrogen-bond donors (Lipinski definition) is 0. The maximum Gasteiger partial charge on any atom is 0.434 e. The molecule has 0 amide bonds. The van der Waals surface area contributed by atoms with E-state index >= 15 is 0 Å². The first-order valence-corrected chi connectivity index (χ1v) is 5.09. The van der Waals surface area contributed by atoms with Gasteiger partial charge in [-0.15, -0.1) is 0 Å². The average Bonchev–Trinajstić information content (AvgIpc) is 2.69. The summed E-state index contributed by atoms with van der Waals surface area (Å²) in [4.78, 5) is 3.70. The number of rotatable bonds is 1. The summed E-state index contributed by atoms with van der Waals surface area (Å²) in [5.41, 5.74) is -0.771. The van der Waals surface area contributed by atoms with Crippen LogP contribution in [0.25, 0.3) is 0 Å². The summed E-state index contributed by atoms with van der Waals surface area (Å²) in [6.07, 6.45) is 0.865. The lowest BCUT2D eigenvalue weighted by Crippen LogP contribution is -2.06. The fourth-order valence-electron chi connectivity index (χ4n) is 2.18. The number of alkyl halides is 3. The molecule has 0 atom stereocenters. The molecular weight excluding hydrogens is 205 g/mol. The molecule has 15 heavy (non-hydrogen) atoms. The normalized spacial score (nSPS) is 18.7. The van der Waals surface area contributed by atoms with Crippen LogP contribution in [0.15, 0.2) is 6.20 Å². The fourth-order valence-corrected chi connectivity index (χ4v) is 2.18. The lowest BCUT2D eigenvalue weighted by molar-refractivity contribution is -0.141. The third-order valence-electron chi connectivity index (χ3n) is 2.92. The number of nitrogens with zero attached hydrogens (tertiary/aromatic N) is 2. The molecular formula is C10H13F3N2. The van der Waals surface area contributed by atoms with E-state index in [0.29, 0.717) is 5.82 Å². The molecule has 0 spiro atoms. The summed E-state index contributed by atoms with van der Waals surface area (Å²) in [6.45, 7) is 0. The van der Waals surface area contributed by atoms with Crippen molar-refractivity contribution in [3.63, 3.8) is 0 Å². The fraction of sp³-hybridized carbons (Fsp3) is 0.700. The molecule has 1 saturated carbocycles. The maximum absolute atomic E-state index is 12.4. The molecule has 2 rings (SSSR count). The van der Waals surface area contributed by atoms with Crippen LogP contribution in [-0.2, 0) is 13.2 Å². The van der Waals surface area contributed by atoms with Crippen LogP contribution in [-0.4, -0.2) is 9.55 Å². The van der Waals surface area contributed by atoms with Gasteiger partial charge in [-0.05, 0) is 12.8 Å². The van der Waals surface area contributed by atoms with Crippen molar-refractivity contribution in [2.75, 3.05) is 0 Å². The summed E-state index contributed by atoms with van der Waals surface area (Å²) in [7, 11) is 1.63. The van der Waals surface area contributed by atoms with E-state index in [4.69, 9.17) is 0 Å². The Bertz CT molecular complexity index is 348. The van der Waals surface area contributed by atoms with Crippen LogP contribution in [0.1, 0.15) is 43.1 Å². The van der Waals surface area contributed by atoms with Crippen LogP contribution < -0.4 is 0 Å². The topological polar surface area (TPSA) is 17.8 Å². The SMILES string of the molecule is Cn1cc(C(F)(F)F)nc1C1CCCC1. The largest absolute Gasteiger partial charge is 0.434 e. The molecule has 0 radical (unpaired) electrons. The van der Waals surface area contributed by atoms with Crippen molar-refractivity contribution in [1.82, 2.24) is 9.55 Å². The Kier molecular flexibility index (Phi) is 2.48. The maximum atomic E-state index is 12.4. The van der Waals surface area contributed by atoms with Crippen LogP contribution in [0.3, 0.4) is 0 Å². The Labute approximate surface area is 86.1 Å². The van der Waals surface area contributed by atoms with Crippen LogP contribution >= 0.6 is 0 Å². The molecule has 0 bridgehead atoms. The van der Waals surface area contributed by atoms with Crippen LogP contribution in [0, 0.1) is 0 Å². The summed E-state index contributed by atoms with van der Waals surface area (Å²) in [5.74, 6) is 0.797. The van der Waals surface area contributed by atoms with Crippen molar-refractivity contribution in [1.29, 1.82) is 0 Å². The first-order chi connectivity index (χ1) is 6.98. The zero-order valence-electron chi connectivity index (χ0n) is 8.51. The zero-order chi connectivity index (χ0) is 11.1. The van der Waals surface area contributed by atoms with E-state index in [1.54, 1.807) is 7.05 Å². The zero-order valence-corrected chi connectivity index (χ0v) is 8.51. The molecule has 0 saturated heterocycles. The first kappa shape index (κ1) is 10.5. The van der Waals surface area contributed by atoms with Crippen molar-refractivity contribution in [3.8, 4) is 0 Å². The van der Waals surface area contributed by atoms with Gasteiger partial charge in [-0.25, -0.2) is 4.98 Å². The Hall–Kier alpha value is -1.00. The monoisotopic (exact) mass is 218 g/mol. The molecule has 1 aliphatic rings. The second kappa shape index (κ2) is 3.54. The Morgan fingerprint density at radius 1 is 1.33 bits per heavy atom. The predicted molar refractivity (Wildman–Crippen MR) is 49.4 cm³/mol. The quantitative estimate of drug-likeness (QED) is 0.708. The number of aromatic nitrogens is 2. The van der Waals surface area contributed by atoms with Crippen LogP contribution in [0.2, 0.25) is 0 Å². The van der Waals surface area contributed by atoms with Gasteiger partial charge in [0.15, 0.2) is 5.69 Å². The highest BCUT2D eigenvalue weighted by Crippen LogP contribution is 2.35. The van der Waals surface area contributed by atoms with Crippen molar-refractivity contribution in [2.24, 2.45) is 7.05 Å². The highest BCUT2D eigenvalue weighted by atomic mass is 19.4. The van der Waals surface area contributed by atoms with Crippen LogP contribution in [0.4, 0.5) is 13.2 Å². The van der Waals surface area contributed by atoms with Crippen molar-refractivity contribution in [2.45, 2.75) is 37.8 Å². The second-order valence-corrected chi connectivity index (χ2v) is 4.07. The van der Waals surface area contributed by atoms with E-state index < -0.39 is 11.9 Å². The molecule has 0 N–H and O–H groups in total. The molecule has 2 nitrogen and oxygen atoms in total. The Balaban J connectivity index is 2.29. The molecule has 84 valence electrons. The van der Waals surface area contributed by atoms with E-state index in [1.165, 1.54) is 4.57 Å². The molecule has 0 aromatic carbocycles. The van der Waals surface area contributed by atoms with Gasteiger partial charge >= 0.3 is 6.18 Å². The molecule has 1 aromatic rings. The van der Waals surface area contributed by atoms with E-state index in [2.05, 4.69) is 4.98 Å². The highest BCUT2D eigenvalue weighted by Gasteiger charge is 2.35. The van der Waals surface area contributed by atoms with Gasteiger partial charge in [0.1, 0.15) is 5.82 Å². The first-order valence-electron chi connectivity index (χ1n) is 5.09. The van der Waals surface area contributed by atoms with Gasteiger partial charge in [0.2, 0.25) is 0 Å². The van der Waals surface area contributed by atoms with Crippen molar-refractivity contribution < 1.29 is 13.2 Å². The smallest absolute Gasteiger partial charge is 0.337 e. The summed E-state index contributed by atoms with van der Waals surface area (Å²) in [5, 5.41) is 0. The second-order valence-electron chi connectivity index (χ2n) is 4.07. The molecule has 0 aliphatic heterocycles. The third-order valence-corrected chi connectivity index (χ3v) is 2.92. The van der Waals surface area contributed by atoms with Gasteiger partial charge in [0.25, 0.3) is 0 Å². The van der Waals surface area contributed by atoms with Crippen molar-refractivity contribution in [3.05, 3.63) is 17.7 Å². The van der Waals surface area contributed by atoms with Gasteiger partial charge in [-0.3, -0.25) is 0 Å². The lowest BCUT2D eigenvalue weighted by atomic mass is 10.1. The van der Waals surface area contributed by atoms with Gasteiger partial charge in [0, 0.05) is 19.2 Å². The minimum atomic E-state index is -4.32. The van der Waals surface area contributed by atoms with Gasteiger partial charge in [0.05, 0.1) is 0 Å². The van der Waals surface area contributed by atoms with Gasteiger partial charge in [-0.2, -0.15) is 13.2 Å². The number of aryl methyl sites for hydroxylation is 1. The summed E-state index contributed by atoms with van der Waals surface area (Å²) in [6, 6.07) is 0. The highest BCUT2D eigenvalue weighted by molar-refractivity contribution is 5.11. The molecule has 1 aromatic heterocycles. The number of halogens is 3. The number of hydrogen-bond acceptors (Lipinski definition) is 1. The minimum Gasteiger partial charge on any atom is -0.337 e. The van der Waals surface area contributed by atoms with E-state index in [9.17, 15) is 13.2 Å². The standard InChI is InChI=1S/C10H13F3N2/c1-15-6-8(10(11,12)13)14-9(15)7-4-2-3-5-7/h6-7H,2-5H2,1H3. The van der Waals surface area contributed by atoms with E-state index in [0.717, 1.165) is 31.9 Å². The van der Waals surface area contributed by atoms with Gasteiger partial charge in [-0.1, -0.05) is 12.8 Å².